The van der Waals surface area contributed by atoms with Crippen molar-refractivity contribution < 1.29 is 18.7 Å². The van der Waals surface area contributed by atoms with Gasteiger partial charge in [-0.25, -0.2) is 0 Å². The Morgan fingerprint density at radius 3 is 2.47 bits per heavy atom. The molecule has 0 unspecified atom stereocenters. The molecule has 8 heteroatoms. The molecule has 1 aromatic heterocycles. The summed E-state index contributed by atoms with van der Waals surface area (Å²) in [7, 11) is 1.54. The first-order valence-corrected chi connectivity index (χ1v) is 11.8. The van der Waals surface area contributed by atoms with Crippen LogP contribution in [0, 0.1) is 0 Å². The Morgan fingerprint density at radius 2 is 1.75 bits per heavy atom. The quantitative estimate of drug-likeness (QED) is 0.409. The second-order valence-corrected chi connectivity index (χ2v) is 8.79. The molecule has 0 radical (unpaired) electrons. The van der Waals surface area contributed by atoms with Crippen LogP contribution < -0.4 is 20.7 Å². The number of piperazine rings is 1. The molecule has 0 bridgehead atoms. The van der Waals surface area contributed by atoms with Crippen LogP contribution >= 0.6 is 0 Å². The van der Waals surface area contributed by atoms with Gasteiger partial charge in [-0.2, -0.15) is 0 Å². The molecule has 1 aliphatic heterocycles. The zero-order valence-corrected chi connectivity index (χ0v) is 20.1. The number of nitrogens with two attached hydrogens (primary N) is 1. The fourth-order valence-electron chi connectivity index (χ4n) is 4.56. The third-order valence-corrected chi connectivity index (χ3v) is 6.45. The van der Waals surface area contributed by atoms with Crippen LogP contribution in [0.1, 0.15) is 26.5 Å². The lowest BCUT2D eigenvalue weighted by molar-refractivity contribution is 0.0977. The van der Waals surface area contributed by atoms with Gasteiger partial charge >= 0.3 is 0 Å². The lowest BCUT2D eigenvalue weighted by atomic mass is 10.1. The standard InChI is InChI=1S/C28H28N4O4/c1-35-22-10-11-23-24(17-22)36-26(27(29)33)25(23)30-28(34)20-7-5-6-19(16-20)18-31-12-14-32(15-13-31)21-8-3-2-4-9-21/h2-11,16-17H,12-15,18H2,1H3,(H2,29,33)(H,30,34). The van der Waals surface area contributed by atoms with E-state index >= 15 is 0 Å². The van der Waals surface area contributed by atoms with E-state index in [-0.39, 0.29) is 17.4 Å². The van der Waals surface area contributed by atoms with E-state index < -0.39 is 5.91 Å². The topological polar surface area (TPSA) is 101 Å². The zero-order valence-electron chi connectivity index (χ0n) is 20.1. The molecule has 0 saturated carbocycles. The molecule has 8 nitrogen and oxygen atoms in total. The summed E-state index contributed by atoms with van der Waals surface area (Å²) in [5.41, 5.74) is 8.97. The molecular formula is C28H28N4O4. The normalized spacial score (nSPS) is 14.1. The summed E-state index contributed by atoms with van der Waals surface area (Å²) >= 11 is 0. The van der Waals surface area contributed by atoms with Gasteiger partial charge in [-0.3, -0.25) is 14.5 Å². The summed E-state index contributed by atoms with van der Waals surface area (Å²) in [4.78, 5) is 29.9. The van der Waals surface area contributed by atoms with Crippen LogP contribution in [-0.4, -0.2) is 50.0 Å². The third-order valence-electron chi connectivity index (χ3n) is 6.45. The van der Waals surface area contributed by atoms with Crippen LogP contribution in [0.5, 0.6) is 5.75 Å². The fraction of sp³-hybridized carbons (Fsp3) is 0.214. The molecule has 5 rings (SSSR count). The van der Waals surface area contributed by atoms with E-state index in [2.05, 4.69) is 39.4 Å². The Morgan fingerprint density at radius 1 is 0.972 bits per heavy atom. The minimum absolute atomic E-state index is 0.0981. The summed E-state index contributed by atoms with van der Waals surface area (Å²) in [5, 5.41) is 3.40. The van der Waals surface area contributed by atoms with Crippen molar-refractivity contribution in [2.24, 2.45) is 5.73 Å². The zero-order chi connectivity index (χ0) is 25.1. The van der Waals surface area contributed by atoms with E-state index in [0.29, 0.717) is 22.3 Å². The fourth-order valence-corrected chi connectivity index (χ4v) is 4.56. The molecule has 1 aliphatic rings. The van der Waals surface area contributed by atoms with Gasteiger partial charge in [0, 0.05) is 55.4 Å². The number of amides is 2. The maximum absolute atomic E-state index is 13.1. The Bertz CT molecular complexity index is 1390. The highest BCUT2D eigenvalue weighted by atomic mass is 16.5. The summed E-state index contributed by atoms with van der Waals surface area (Å²) in [5.74, 6) is -0.628. The molecule has 1 saturated heterocycles. The lowest BCUT2D eigenvalue weighted by Gasteiger charge is -2.36. The second-order valence-electron chi connectivity index (χ2n) is 8.79. The molecule has 2 heterocycles. The highest BCUT2D eigenvalue weighted by Gasteiger charge is 2.22. The Labute approximate surface area is 209 Å². The maximum atomic E-state index is 13.1. The van der Waals surface area contributed by atoms with Gasteiger partial charge in [-0.15, -0.1) is 0 Å². The predicted octanol–water partition coefficient (Wildman–Crippen LogP) is 4.11. The summed E-state index contributed by atoms with van der Waals surface area (Å²) in [6.45, 7) is 4.55. The minimum Gasteiger partial charge on any atom is -0.497 e. The van der Waals surface area contributed by atoms with Crippen molar-refractivity contribution in [3.05, 3.63) is 89.7 Å². The van der Waals surface area contributed by atoms with Gasteiger partial charge < -0.3 is 25.1 Å². The molecule has 2 amide bonds. The number of ether oxygens (including phenoxy) is 1. The number of hydrogen-bond acceptors (Lipinski definition) is 6. The molecular weight excluding hydrogens is 456 g/mol. The number of carbonyl (C=O) groups is 2. The lowest BCUT2D eigenvalue weighted by Crippen LogP contribution is -2.45. The average Bonchev–Trinajstić information content (AvgIpc) is 3.27. The molecule has 3 N–H and O–H groups in total. The second kappa shape index (κ2) is 10.1. The summed E-state index contributed by atoms with van der Waals surface area (Å²) in [6, 6.07) is 23.1. The highest BCUT2D eigenvalue weighted by molar-refractivity contribution is 6.14. The van der Waals surface area contributed by atoms with Gasteiger partial charge in [0.2, 0.25) is 5.76 Å². The minimum atomic E-state index is -0.760. The first kappa shape index (κ1) is 23.4. The van der Waals surface area contributed by atoms with Crippen molar-refractivity contribution in [1.82, 2.24) is 4.90 Å². The van der Waals surface area contributed by atoms with Crippen molar-refractivity contribution in [3.63, 3.8) is 0 Å². The molecule has 0 atom stereocenters. The number of benzene rings is 3. The molecule has 36 heavy (non-hydrogen) atoms. The number of furan rings is 1. The van der Waals surface area contributed by atoms with Crippen molar-refractivity contribution in [3.8, 4) is 5.75 Å². The van der Waals surface area contributed by atoms with Crippen LogP contribution in [0.2, 0.25) is 0 Å². The van der Waals surface area contributed by atoms with Crippen LogP contribution in [0.3, 0.4) is 0 Å². The summed E-state index contributed by atoms with van der Waals surface area (Å²) < 4.78 is 10.8. The largest absolute Gasteiger partial charge is 0.497 e. The van der Waals surface area contributed by atoms with Crippen molar-refractivity contribution in [1.29, 1.82) is 0 Å². The Hall–Kier alpha value is -4.30. The van der Waals surface area contributed by atoms with E-state index in [1.54, 1.807) is 24.3 Å². The third kappa shape index (κ3) is 4.89. The van der Waals surface area contributed by atoms with Crippen molar-refractivity contribution in [2.45, 2.75) is 6.54 Å². The van der Waals surface area contributed by atoms with Gasteiger partial charge in [0.25, 0.3) is 11.8 Å². The SMILES string of the molecule is COc1ccc2c(NC(=O)c3cccc(CN4CCN(c5ccccc5)CC4)c3)c(C(N)=O)oc2c1. The molecule has 184 valence electrons. The molecule has 0 aliphatic carbocycles. The highest BCUT2D eigenvalue weighted by Crippen LogP contribution is 2.33. The number of primary amides is 1. The molecule has 1 fully saturated rings. The Balaban J connectivity index is 1.28. The van der Waals surface area contributed by atoms with E-state index in [1.807, 2.05) is 24.3 Å². The maximum Gasteiger partial charge on any atom is 0.286 e. The average molecular weight is 485 g/mol. The number of fused-ring (bicyclic) bond motifs is 1. The predicted molar refractivity (Wildman–Crippen MR) is 140 cm³/mol. The number of methoxy groups -OCH3 is 1. The van der Waals surface area contributed by atoms with Gasteiger partial charge in [0.05, 0.1) is 7.11 Å². The van der Waals surface area contributed by atoms with E-state index in [0.717, 1.165) is 38.3 Å². The number of carbonyl (C=O) groups excluding carboxylic acids is 2. The number of hydrogen-bond donors (Lipinski definition) is 2. The van der Waals surface area contributed by atoms with E-state index in [1.165, 1.54) is 12.8 Å². The summed E-state index contributed by atoms with van der Waals surface area (Å²) in [6.07, 6.45) is 0. The van der Waals surface area contributed by atoms with Crippen molar-refractivity contribution >= 4 is 34.2 Å². The van der Waals surface area contributed by atoms with Gasteiger partial charge in [0.15, 0.2) is 0 Å². The van der Waals surface area contributed by atoms with Gasteiger partial charge in [-0.1, -0.05) is 30.3 Å². The number of nitrogens with zero attached hydrogens (tertiary/aromatic N) is 2. The molecule has 4 aromatic rings. The van der Waals surface area contributed by atoms with Crippen LogP contribution in [0.25, 0.3) is 11.0 Å². The number of anilines is 2. The smallest absolute Gasteiger partial charge is 0.286 e. The van der Waals surface area contributed by atoms with Crippen LogP contribution in [0.15, 0.2) is 77.2 Å². The monoisotopic (exact) mass is 484 g/mol. The van der Waals surface area contributed by atoms with E-state index in [4.69, 9.17) is 14.9 Å². The number of nitrogens with one attached hydrogen (secondary N) is 1. The van der Waals surface area contributed by atoms with Gasteiger partial charge in [0.1, 0.15) is 17.0 Å². The molecule has 3 aromatic carbocycles. The first-order valence-electron chi connectivity index (χ1n) is 11.8. The van der Waals surface area contributed by atoms with E-state index in [9.17, 15) is 9.59 Å². The molecule has 0 spiro atoms. The number of para-hydroxylation sites is 1. The van der Waals surface area contributed by atoms with Gasteiger partial charge in [-0.05, 0) is 42.0 Å². The van der Waals surface area contributed by atoms with Crippen molar-refractivity contribution in [2.75, 3.05) is 43.5 Å². The van der Waals surface area contributed by atoms with Crippen LogP contribution in [0.4, 0.5) is 11.4 Å². The number of rotatable bonds is 7. The Kier molecular flexibility index (Phi) is 6.60. The first-order chi connectivity index (χ1) is 17.5. The van der Waals surface area contributed by atoms with Crippen LogP contribution in [-0.2, 0) is 6.54 Å².